The van der Waals surface area contributed by atoms with Crippen molar-refractivity contribution in [1.82, 2.24) is 14.8 Å². The molecule has 20 heavy (non-hydrogen) atoms. The van der Waals surface area contributed by atoms with Crippen molar-refractivity contribution in [3.05, 3.63) is 22.1 Å². The summed E-state index contributed by atoms with van der Waals surface area (Å²) in [6.45, 7) is 6.07. The second-order valence-electron chi connectivity index (χ2n) is 4.32. The summed E-state index contributed by atoms with van der Waals surface area (Å²) in [7, 11) is 1.35. The van der Waals surface area contributed by atoms with Crippen LogP contribution < -0.4 is 0 Å². The maximum atomic E-state index is 11.8. The van der Waals surface area contributed by atoms with Crippen LogP contribution in [0.2, 0.25) is 0 Å². The Hall–Kier alpha value is -0.860. The van der Waals surface area contributed by atoms with Gasteiger partial charge in [-0.3, -0.25) is 0 Å². The molecule has 0 fully saturated rings. The first-order chi connectivity index (χ1) is 9.42. The Morgan fingerprint density at radius 1 is 1.55 bits per heavy atom. The molecule has 2 aromatic heterocycles. The zero-order chi connectivity index (χ0) is 14.9. The van der Waals surface area contributed by atoms with Gasteiger partial charge in [-0.15, -0.1) is 11.8 Å². The zero-order valence-corrected chi connectivity index (χ0v) is 14.7. The first kappa shape index (κ1) is 15.5. The molecule has 0 N–H and O–H groups in total. The van der Waals surface area contributed by atoms with E-state index in [-0.39, 0.29) is 0 Å². The molecule has 0 spiro atoms. The average molecular weight is 376 g/mol. The van der Waals surface area contributed by atoms with E-state index in [1.807, 2.05) is 6.92 Å². The Morgan fingerprint density at radius 2 is 2.25 bits per heavy atom. The van der Waals surface area contributed by atoms with Crippen molar-refractivity contribution in [1.29, 1.82) is 0 Å². The second-order valence-corrected chi connectivity index (χ2v) is 7.89. The Labute approximate surface area is 133 Å². The summed E-state index contributed by atoms with van der Waals surface area (Å²) in [6.07, 6.45) is 0. The van der Waals surface area contributed by atoms with Crippen LogP contribution in [0.25, 0.3) is 5.13 Å². The van der Waals surface area contributed by atoms with Gasteiger partial charge in [-0.25, -0.2) is 9.78 Å². The summed E-state index contributed by atoms with van der Waals surface area (Å²) in [5, 5.41) is 5.42. The van der Waals surface area contributed by atoms with Gasteiger partial charge in [-0.1, -0.05) is 25.2 Å². The molecule has 0 atom stereocenters. The number of thiazole rings is 1. The van der Waals surface area contributed by atoms with Gasteiger partial charge in [0.25, 0.3) is 0 Å². The third-order valence-electron chi connectivity index (χ3n) is 2.30. The summed E-state index contributed by atoms with van der Waals surface area (Å²) in [5.74, 6) is -0.421. The molecular weight excluding hydrogens is 362 g/mol. The summed E-state index contributed by atoms with van der Waals surface area (Å²) in [5.41, 5.74) is 1.13. The maximum Gasteiger partial charge on any atom is 0.356 e. The highest BCUT2D eigenvalue weighted by Gasteiger charge is 2.20. The second kappa shape index (κ2) is 6.28. The van der Waals surface area contributed by atoms with Crippen molar-refractivity contribution >= 4 is 45.0 Å². The van der Waals surface area contributed by atoms with Crippen molar-refractivity contribution in [2.24, 2.45) is 0 Å². The van der Waals surface area contributed by atoms with Crippen molar-refractivity contribution in [3.63, 3.8) is 0 Å². The summed E-state index contributed by atoms with van der Waals surface area (Å²) in [4.78, 5) is 16.2. The van der Waals surface area contributed by atoms with E-state index < -0.39 is 5.97 Å². The molecule has 0 aliphatic rings. The van der Waals surface area contributed by atoms with Crippen molar-refractivity contribution in [2.75, 3.05) is 7.11 Å². The topological polar surface area (TPSA) is 57.0 Å². The molecular formula is C12H14BrN3O2S2. The van der Waals surface area contributed by atoms with Crippen LogP contribution in [0.5, 0.6) is 0 Å². The lowest BCUT2D eigenvalue weighted by atomic mass is 10.4. The van der Waals surface area contributed by atoms with Gasteiger partial charge < -0.3 is 4.74 Å². The lowest BCUT2D eigenvalue weighted by Crippen LogP contribution is -2.09. The van der Waals surface area contributed by atoms with Crippen LogP contribution >= 0.6 is 39.0 Å². The molecule has 2 rings (SSSR count). The van der Waals surface area contributed by atoms with Gasteiger partial charge in [-0.05, 0) is 28.9 Å². The minimum Gasteiger partial charge on any atom is -0.464 e. The van der Waals surface area contributed by atoms with Gasteiger partial charge in [-0.2, -0.15) is 9.78 Å². The van der Waals surface area contributed by atoms with E-state index in [4.69, 9.17) is 4.74 Å². The van der Waals surface area contributed by atoms with Gasteiger partial charge in [0.1, 0.15) is 4.60 Å². The van der Waals surface area contributed by atoms with Crippen molar-refractivity contribution < 1.29 is 9.53 Å². The number of carbonyl (C=O) groups excluding carboxylic acids is 1. The Balaban J connectivity index is 2.44. The van der Waals surface area contributed by atoms with Crippen LogP contribution in [0.15, 0.2) is 14.9 Å². The van der Waals surface area contributed by atoms with E-state index >= 15 is 0 Å². The monoisotopic (exact) mass is 375 g/mol. The predicted octanol–water partition coefficient (Wildman–Crippen LogP) is 3.69. The number of aryl methyl sites for hydroxylation is 1. The van der Waals surface area contributed by atoms with Gasteiger partial charge >= 0.3 is 5.97 Å². The number of methoxy groups -OCH3 is 1. The molecule has 0 aromatic carbocycles. The highest BCUT2D eigenvalue weighted by Crippen LogP contribution is 2.37. The van der Waals surface area contributed by atoms with E-state index in [1.54, 1.807) is 17.8 Å². The minimum atomic E-state index is -0.421. The number of hydrogen-bond acceptors (Lipinski definition) is 6. The molecule has 0 aliphatic carbocycles. The lowest BCUT2D eigenvalue weighted by Gasteiger charge is -2.01. The third kappa shape index (κ3) is 3.24. The predicted molar refractivity (Wildman–Crippen MR) is 84.0 cm³/mol. The van der Waals surface area contributed by atoms with E-state index in [1.165, 1.54) is 23.1 Å². The number of ether oxygens (including phenoxy) is 1. The molecule has 8 heteroatoms. The number of hydrogen-bond donors (Lipinski definition) is 0. The number of rotatable bonds is 4. The minimum absolute atomic E-state index is 0.382. The van der Waals surface area contributed by atoms with E-state index in [0.29, 0.717) is 16.1 Å². The quantitative estimate of drug-likeness (QED) is 0.602. The fourth-order valence-electron chi connectivity index (χ4n) is 1.55. The van der Waals surface area contributed by atoms with Gasteiger partial charge in [0.2, 0.25) is 5.13 Å². The normalized spacial score (nSPS) is 11.1. The molecule has 108 valence electrons. The van der Waals surface area contributed by atoms with Crippen molar-refractivity contribution in [3.8, 4) is 5.13 Å². The van der Waals surface area contributed by atoms with Crippen LogP contribution in [0.3, 0.4) is 0 Å². The zero-order valence-electron chi connectivity index (χ0n) is 11.5. The number of carbonyl (C=O) groups is 1. The smallest absolute Gasteiger partial charge is 0.356 e. The number of thioether (sulfide) groups is 1. The number of halogens is 1. The largest absolute Gasteiger partial charge is 0.464 e. The molecule has 2 aromatic rings. The first-order valence-electron chi connectivity index (χ1n) is 5.90. The van der Waals surface area contributed by atoms with E-state index in [9.17, 15) is 4.79 Å². The van der Waals surface area contributed by atoms with Gasteiger partial charge in [0, 0.05) is 5.25 Å². The summed E-state index contributed by atoms with van der Waals surface area (Å²) in [6, 6.07) is 1.69. The maximum absolute atomic E-state index is 11.8. The summed E-state index contributed by atoms with van der Waals surface area (Å²) < 4.78 is 8.15. The molecule has 0 aliphatic heterocycles. The number of esters is 1. The fraction of sp³-hybridized carbons (Fsp3) is 0.417. The van der Waals surface area contributed by atoms with Crippen LogP contribution in [0, 0.1) is 6.92 Å². The molecule has 0 bridgehead atoms. The Kier molecular flexibility index (Phi) is 4.87. The molecule has 2 heterocycles. The third-order valence-corrected chi connectivity index (χ3v) is 5.64. The molecule has 0 saturated carbocycles. The summed E-state index contributed by atoms with van der Waals surface area (Å²) >= 11 is 6.66. The first-order valence-corrected chi connectivity index (χ1v) is 8.39. The standard InChI is InChI=1S/C12H14BrN3O2S2/c1-6(2)19-11-9(13)14-12(20-11)16-8(10(17)18-4)5-7(3)15-16/h5-6H,1-4H3. The highest BCUT2D eigenvalue weighted by atomic mass is 79.9. The number of aromatic nitrogens is 3. The average Bonchev–Trinajstić information content (AvgIpc) is 2.92. The SMILES string of the molecule is COC(=O)c1cc(C)nn1-c1nc(Br)c(SC(C)C)s1. The van der Waals surface area contributed by atoms with Gasteiger partial charge in [0.15, 0.2) is 5.69 Å². The van der Waals surface area contributed by atoms with Crippen LogP contribution in [0.1, 0.15) is 30.0 Å². The highest BCUT2D eigenvalue weighted by molar-refractivity contribution is 9.10. The number of nitrogens with zero attached hydrogens (tertiary/aromatic N) is 3. The molecule has 5 nitrogen and oxygen atoms in total. The van der Waals surface area contributed by atoms with E-state index in [2.05, 4.69) is 39.9 Å². The Bertz CT molecular complexity index is 637. The van der Waals surface area contributed by atoms with Crippen LogP contribution in [-0.2, 0) is 4.74 Å². The Morgan fingerprint density at radius 3 is 2.85 bits per heavy atom. The molecule has 0 saturated heterocycles. The lowest BCUT2D eigenvalue weighted by molar-refractivity contribution is 0.0590. The fourth-order valence-corrected chi connectivity index (χ4v) is 4.58. The molecule has 0 amide bonds. The van der Waals surface area contributed by atoms with Crippen molar-refractivity contribution in [2.45, 2.75) is 30.2 Å². The van der Waals surface area contributed by atoms with Gasteiger partial charge in [0.05, 0.1) is 17.0 Å². The molecule has 0 unspecified atom stereocenters. The van der Waals surface area contributed by atoms with E-state index in [0.717, 1.165) is 14.5 Å². The molecule has 0 radical (unpaired) electrons. The van der Waals surface area contributed by atoms with Crippen LogP contribution in [0.4, 0.5) is 0 Å². The van der Waals surface area contributed by atoms with Crippen LogP contribution in [-0.4, -0.2) is 33.1 Å².